The summed E-state index contributed by atoms with van der Waals surface area (Å²) in [6.07, 6.45) is 8.37. The lowest BCUT2D eigenvalue weighted by molar-refractivity contribution is 0.401. The number of hydrogen-bond acceptors (Lipinski definition) is 2. The first kappa shape index (κ1) is 20.4. The predicted octanol–water partition coefficient (Wildman–Crippen LogP) is 6.67. The molecule has 1 spiro atoms. The molecule has 2 aromatic rings. The van der Waals surface area contributed by atoms with Crippen molar-refractivity contribution in [2.75, 3.05) is 10.6 Å². The van der Waals surface area contributed by atoms with Crippen molar-refractivity contribution in [3.05, 3.63) is 60.2 Å². The van der Waals surface area contributed by atoms with E-state index >= 15 is 0 Å². The molecule has 2 aliphatic rings. The molecular weight excluding hydrogens is 342 g/mol. The molecule has 0 radical (unpaired) electrons. The van der Waals surface area contributed by atoms with E-state index in [9.17, 15) is 0 Å². The summed E-state index contributed by atoms with van der Waals surface area (Å²) in [7, 11) is 0. The van der Waals surface area contributed by atoms with E-state index in [1.54, 1.807) is 0 Å². The predicted molar refractivity (Wildman–Crippen MR) is 123 cm³/mol. The summed E-state index contributed by atoms with van der Waals surface area (Å²) in [4.78, 5) is 5.17. The van der Waals surface area contributed by atoms with Crippen LogP contribution >= 0.6 is 0 Å². The lowest BCUT2D eigenvalue weighted by Gasteiger charge is -2.44. The molecule has 28 heavy (non-hydrogen) atoms. The van der Waals surface area contributed by atoms with Crippen LogP contribution in [0.15, 0.2) is 59.6 Å². The van der Waals surface area contributed by atoms with Crippen molar-refractivity contribution < 1.29 is 0 Å². The van der Waals surface area contributed by atoms with Crippen molar-refractivity contribution >= 4 is 17.2 Å². The highest BCUT2D eigenvalue weighted by molar-refractivity contribution is 6.09. The normalized spacial score (nSPS) is 19.6. The first-order valence-electron chi connectivity index (χ1n) is 11.0. The Hall–Kier alpha value is -2.29. The van der Waals surface area contributed by atoms with Gasteiger partial charge in [-0.15, -0.1) is 0 Å². The molecular formula is C25H35N3. The fourth-order valence-corrected chi connectivity index (χ4v) is 4.24. The summed E-state index contributed by atoms with van der Waals surface area (Å²) in [5, 5.41) is 7.52. The molecule has 3 heteroatoms. The van der Waals surface area contributed by atoms with Crippen LogP contribution in [0.4, 0.5) is 11.4 Å². The Morgan fingerprint density at radius 2 is 1.54 bits per heavy atom. The standard InChI is InChI=1S/C23H29N3.C2H6/c1-18(14-15-19-10-4-2-5-11-19)24-22-23(16-8-3-9-17-23)26-21-13-7-6-12-20(21)25-22;1-2/h2,4-7,10-13,18,26H,3,8-9,14-17H2,1H3,(H,24,25);1-2H3. The monoisotopic (exact) mass is 377 g/mol. The van der Waals surface area contributed by atoms with Crippen LogP contribution in [0.2, 0.25) is 0 Å². The Labute approximate surface area is 170 Å². The van der Waals surface area contributed by atoms with E-state index in [2.05, 4.69) is 72.2 Å². The summed E-state index contributed by atoms with van der Waals surface area (Å²) in [5.74, 6) is 1.15. The Morgan fingerprint density at radius 3 is 2.25 bits per heavy atom. The number of aryl methyl sites for hydroxylation is 1. The van der Waals surface area contributed by atoms with E-state index in [-0.39, 0.29) is 5.54 Å². The van der Waals surface area contributed by atoms with Crippen molar-refractivity contribution in [2.24, 2.45) is 4.99 Å². The average Bonchev–Trinajstić information content (AvgIpc) is 2.76. The summed E-state index contributed by atoms with van der Waals surface area (Å²) < 4.78 is 0. The molecule has 0 saturated heterocycles. The molecule has 1 unspecified atom stereocenters. The van der Waals surface area contributed by atoms with Gasteiger partial charge in [0.25, 0.3) is 0 Å². The minimum atomic E-state index is -0.00634. The van der Waals surface area contributed by atoms with E-state index in [1.165, 1.54) is 43.4 Å². The van der Waals surface area contributed by atoms with E-state index in [0.29, 0.717) is 6.04 Å². The van der Waals surface area contributed by atoms with Crippen LogP contribution in [0, 0.1) is 0 Å². The molecule has 3 nitrogen and oxygen atoms in total. The number of aliphatic imine (C=N–C) groups is 1. The van der Waals surface area contributed by atoms with Gasteiger partial charge in [-0.25, -0.2) is 0 Å². The summed E-state index contributed by atoms with van der Waals surface area (Å²) >= 11 is 0. The Morgan fingerprint density at radius 1 is 0.893 bits per heavy atom. The highest BCUT2D eigenvalue weighted by atomic mass is 15.2. The van der Waals surface area contributed by atoms with E-state index in [1.807, 2.05) is 13.8 Å². The summed E-state index contributed by atoms with van der Waals surface area (Å²) in [6, 6.07) is 19.5. The molecule has 1 heterocycles. The van der Waals surface area contributed by atoms with Crippen molar-refractivity contribution in [2.45, 2.75) is 77.3 Å². The van der Waals surface area contributed by atoms with Gasteiger partial charge in [0, 0.05) is 6.04 Å². The van der Waals surface area contributed by atoms with Gasteiger partial charge in [0.1, 0.15) is 5.84 Å². The largest absolute Gasteiger partial charge is 0.371 e. The van der Waals surface area contributed by atoms with Gasteiger partial charge < -0.3 is 10.6 Å². The molecule has 1 atom stereocenters. The third kappa shape index (κ3) is 4.76. The van der Waals surface area contributed by atoms with Crippen molar-refractivity contribution in [3.8, 4) is 0 Å². The number of hydrogen-bond donors (Lipinski definition) is 2. The van der Waals surface area contributed by atoms with E-state index in [0.717, 1.165) is 24.4 Å². The van der Waals surface area contributed by atoms with Crippen LogP contribution in [0.1, 0.15) is 64.9 Å². The van der Waals surface area contributed by atoms with Crippen LogP contribution in [-0.4, -0.2) is 17.4 Å². The minimum absolute atomic E-state index is 0.00634. The number of para-hydroxylation sites is 2. The van der Waals surface area contributed by atoms with Gasteiger partial charge in [-0.3, -0.25) is 4.99 Å². The second-order valence-corrected chi connectivity index (χ2v) is 7.79. The number of benzene rings is 2. The summed E-state index contributed by atoms with van der Waals surface area (Å²) in [6.45, 7) is 6.24. The van der Waals surface area contributed by atoms with Gasteiger partial charge in [-0.2, -0.15) is 0 Å². The molecule has 1 aliphatic heterocycles. The van der Waals surface area contributed by atoms with Gasteiger partial charge in [0.05, 0.1) is 16.9 Å². The molecule has 0 aromatic heterocycles. The van der Waals surface area contributed by atoms with Gasteiger partial charge in [0.15, 0.2) is 0 Å². The van der Waals surface area contributed by atoms with Crippen LogP contribution in [0.5, 0.6) is 0 Å². The molecule has 2 N–H and O–H groups in total. The number of nitrogens with zero attached hydrogens (tertiary/aromatic N) is 1. The Kier molecular flexibility index (Phi) is 7.13. The Balaban J connectivity index is 0.00000109. The topological polar surface area (TPSA) is 36.4 Å². The maximum Gasteiger partial charge on any atom is 0.127 e. The number of amidine groups is 1. The lowest BCUT2D eigenvalue weighted by Crippen LogP contribution is -2.54. The highest BCUT2D eigenvalue weighted by Crippen LogP contribution is 2.39. The zero-order chi connectivity index (χ0) is 19.8. The number of rotatable bonds is 4. The molecule has 1 fully saturated rings. The van der Waals surface area contributed by atoms with Gasteiger partial charge >= 0.3 is 0 Å². The van der Waals surface area contributed by atoms with Gasteiger partial charge in [-0.05, 0) is 50.3 Å². The molecule has 150 valence electrons. The van der Waals surface area contributed by atoms with Crippen LogP contribution in [0.3, 0.4) is 0 Å². The Bertz CT molecular complexity index is 760. The fraction of sp³-hybridized carbons (Fsp3) is 0.480. The quantitative estimate of drug-likeness (QED) is 0.624. The van der Waals surface area contributed by atoms with Crippen LogP contribution in [-0.2, 0) is 6.42 Å². The maximum atomic E-state index is 5.17. The fourth-order valence-electron chi connectivity index (χ4n) is 4.24. The first-order valence-corrected chi connectivity index (χ1v) is 11.0. The molecule has 4 rings (SSSR count). The van der Waals surface area contributed by atoms with Gasteiger partial charge in [0.2, 0.25) is 0 Å². The zero-order valence-corrected chi connectivity index (χ0v) is 17.7. The molecule has 0 amide bonds. The third-order valence-corrected chi connectivity index (χ3v) is 5.76. The SMILES string of the molecule is CC.CC(CCc1ccccc1)N=C1Nc2ccccc2NC12CCCCC2. The van der Waals surface area contributed by atoms with Gasteiger partial charge in [-0.1, -0.05) is 75.6 Å². The maximum absolute atomic E-state index is 5.17. The second-order valence-electron chi connectivity index (χ2n) is 7.79. The van der Waals surface area contributed by atoms with Crippen molar-refractivity contribution in [3.63, 3.8) is 0 Å². The van der Waals surface area contributed by atoms with Crippen LogP contribution in [0.25, 0.3) is 0 Å². The number of nitrogens with one attached hydrogen (secondary N) is 2. The third-order valence-electron chi connectivity index (χ3n) is 5.76. The lowest BCUT2D eigenvalue weighted by atomic mass is 9.79. The van der Waals surface area contributed by atoms with E-state index in [4.69, 9.17) is 4.99 Å². The number of anilines is 2. The van der Waals surface area contributed by atoms with Crippen LogP contribution < -0.4 is 10.6 Å². The average molecular weight is 378 g/mol. The van der Waals surface area contributed by atoms with E-state index < -0.39 is 0 Å². The minimum Gasteiger partial charge on any atom is -0.371 e. The summed E-state index contributed by atoms with van der Waals surface area (Å²) in [5.41, 5.74) is 3.75. The zero-order valence-electron chi connectivity index (χ0n) is 17.7. The molecule has 2 aromatic carbocycles. The smallest absolute Gasteiger partial charge is 0.127 e. The highest BCUT2D eigenvalue weighted by Gasteiger charge is 2.40. The van der Waals surface area contributed by atoms with Crippen molar-refractivity contribution in [1.82, 2.24) is 0 Å². The number of fused-ring (bicyclic) bond motifs is 1. The van der Waals surface area contributed by atoms with Crippen molar-refractivity contribution in [1.29, 1.82) is 0 Å². The second kappa shape index (κ2) is 9.77. The molecule has 0 bridgehead atoms. The first-order chi connectivity index (χ1) is 13.8. The molecule has 1 aliphatic carbocycles. The molecule has 1 saturated carbocycles.